The summed E-state index contributed by atoms with van der Waals surface area (Å²) in [6.45, 7) is 8.40. The van der Waals surface area contributed by atoms with Crippen LogP contribution < -0.4 is 5.32 Å². The fraction of sp³-hybridized carbons (Fsp3) is 0.600. The Labute approximate surface area is 117 Å². The molecule has 1 unspecified atom stereocenters. The molecule has 0 amide bonds. The van der Waals surface area contributed by atoms with E-state index in [4.69, 9.17) is 0 Å². The van der Waals surface area contributed by atoms with Gasteiger partial charge < -0.3 is 5.32 Å². The van der Waals surface area contributed by atoms with Gasteiger partial charge in [0, 0.05) is 6.26 Å². The number of sulfone groups is 1. The van der Waals surface area contributed by atoms with E-state index >= 15 is 0 Å². The average Bonchev–Trinajstić information content (AvgIpc) is 2.34. The zero-order chi connectivity index (χ0) is 14.7. The van der Waals surface area contributed by atoms with Gasteiger partial charge in [-0.2, -0.15) is 0 Å². The van der Waals surface area contributed by atoms with Crippen molar-refractivity contribution in [2.24, 2.45) is 0 Å². The predicted molar refractivity (Wildman–Crippen MR) is 81.2 cm³/mol. The Hall–Kier alpha value is -0.870. The second kappa shape index (κ2) is 6.06. The SMILES string of the molecule is CCNC(c1cccc(CC)c1)C(C)(C)S(C)(=O)=O. The van der Waals surface area contributed by atoms with Crippen LogP contribution in [0.1, 0.15) is 44.9 Å². The van der Waals surface area contributed by atoms with Crippen LogP contribution in [0.2, 0.25) is 0 Å². The first-order valence-electron chi connectivity index (χ1n) is 6.75. The molecule has 1 rings (SSSR count). The van der Waals surface area contributed by atoms with Gasteiger partial charge in [-0.15, -0.1) is 0 Å². The third-order valence-corrected chi connectivity index (χ3v) is 5.90. The van der Waals surface area contributed by atoms with E-state index in [1.165, 1.54) is 11.8 Å². The molecule has 0 spiro atoms. The molecule has 108 valence electrons. The average molecular weight is 283 g/mol. The van der Waals surface area contributed by atoms with Gasteiger partial charge in [-0.1, -0.05) is 38.1 Å². The lowest BCUT2D eigenvalue weighted by Crippen LogP contribution is -2.45. The molecule has 0 saturated heterocycles. The minimum atomic E-state index is -3.15. The summed E-state index contributed by atoms with van der Waals surface area (Å²) in [6.07, 6.45) is 2.26. The molecule has 1 aromatic carbocycles. The first-order valence-corrected chi connectivity index (χ1v) is 8.65. The molecule has 1 aromatic rings. The highest BCUT2D eigenvalue weighted by molar-refractivity contribution is 7.92. The summed E-state index contributed by atoms with van der Waals surface area (Å²) in [6, 6.07) is 7.97. The van der Waals surface area contributed by atoms with Gasteiger partial charge in [-0.3, -0.25) is 0 Å². The Morgan fingerprint density at radius 2 is 1.89 bits per heavy atom. The molecule has 0 radical (unpaired) electrons. The van der Waals surface area contributed by atoms with Crippen LogP contribution in [0.3, 0.4) is 0 Å². The molecule has 3 nitrogen and oxygen atoms in total. The maximum Gasteiger partial charge on any atom is 0.154 e. The topological polar surface area (TPSA) is 46.2 Å². The molecule has 0 aromatic heterocycles. The number of benzene rings is 1. The molecule has 0 heterocycles. The van der Waals surface area contributed by atoms with Crippen LogP contribution in [0.15, 0.2) is 24.3 Å². The van der Waals surface area contributed by atoms with Crippen molar-refractivity contribution in [3.8, 4) is 0 Å². The highest BCUT2D eigenvalue weighted by atomic mass is 32.2. The Bertz CT molecular complexity index is 521. The lowest BCUT2D eigenvalue weighted by molar-refractivity contribution is 0.428. The van der Waals surface area contributed by atoms with Gasteiger partial charge in [0.15, 0.2) is 9.84 Å². The zero-order valence-corrected chi connectivity index (χ0v) is 13.3. The van der Waals surface area contributed by atoms with Crippen LogP contribution in [-0.2, 0) is 16.3 Å². The first-order chi connectivity index (χ1) is 8.74. The van der Waals surface area contributed by atoms with Crippen LogP contribution in [0.5, 0.6) is 0 Å². The molecule has 0 fully saturated rings. The van der Waals surface area contributed by atoms with Gasteiger partial charge >= 0.3 is 0 Å². The van der Waals surface area contributed by atoms with Gasteiger partial charge in [0.1, 0.15) is 0 Å². The van der Waals surface area contributed by atoms with Crippen molar-refractivity contribution >= 4 is 9.84 Å². The largest absolute Gasteiger partial charge is 0.309 e. The smallest absolute Gasteiger partial charge is 0.154 e. The van der Waals surface area contributed by atoms with Gasteiger partial charge in [0.05, 0.1) is 10.8 Å². The maximum atomic E-state index is 12.1. The predicted octanol–water partition coefficient (Wildman–Crippen LogP) is 2.72. The summed E-state index contributed by atoms with van der Waals surface area (Å²) in [5.41, 5.74) is 2.27. The van der Waals surface area contributed by atoms with E-state index in [1.54, 1.807) is 13.8 Å². The second-order valence-electron chi connectivity index (χ2n) is 5.46. The Morgan fingerprint density at radius 1 is 1.26 bits per heavy atom. The standard InChI is InChI=1S/C15H25NO2S/c1-6-12-9-8-10-13(11-12)14(16-7-2)15(3,4)19(5,17)18/h8-11,14,16H,6-7H2,1-5H3. The number of hydrogen-bond acceptors (Lipinski definition) is 3. The van der Waals surface area contributed by atoms with Gasteiger partial charge in [-0.05, 0) is 37.9 Å². The molecule has 4 heteroatoms. The third kappa shape index (κ3) is 3.57. The second-order valence-corrected chi connectivity index (χ2v) is 8.06. The van der Waals surface area contributed by atoms with E-state index in [0.29, 0.717) is 0 Å². The number of aryl methyl sites for hydroxylation is 1. The number of rotatable bonds is 6. The monoisotopic (exact) mass is 283 g/mol. The summed E-state index contributed by atoms with van der Waals surface area (Å²) in [7, 11) is -3.15. The van der Waals surface area contributed by atoms with Crippen molar-refractivity contribution in [2.45, 2.75) is 44.9 Å². The summed E-state index contributed by atoms with van der Waals surface area (Å²) in [5.74, 6) is 0. The van der Waals surface area contributed by atoms with Crippen molar-refractivity contribution in [1.82, 2.24) is 5.32 Å². The molecule has 0 aliphatic heterocycles. The molecule has 0 saturated carbocycles. The third-order valence-electron chi connectivity index (χ3n) is 3.75. The Morgan fingerprint density at radius 3 is 2.37 bits per heavy atom. The van der Waals surface area contributed by atoms with E-state index in [2.05, 4.69) is 24.4 Å². The van der Waals surface area contributed by atoms with Gasteiger partial charge in [-0.25, -0.2) is 8.42 Å². The van der Waals surface area contributed by atoms with Crippen molar-refractivity contribution in [3.05, 3.63) is 35.4 Å². The van der Waals surface area contributed by atoms with E-state index < -0.39 is 14.6 Å². The summed E-state index contributed by atoms with van der Waals surface area (Å²) >= 11 is 0. The maximum absolute atomic E-state index is 12.1. The van der Waals surface area contributed by atoms with Crippen LogP contribution in [0.4, 0.5) is 0 Å². The molecular formula is C15H25NO2S. The molecule has 19 heavy (non-hydrogen) atoms. The minimum absolute atomic E-state index is 0.195. The molecule has 1 N–H and O–H groups in total. The minimum Gasteiger partial charge on any atom is -0.309 e. The Kier molecular flexibility index (Phi) is 5.16. The van der Waals surface area contributed by atoms with Crippen LogP contribution in [0, 0.1) is 0 Å². The van der Waals surface area contributed by atoms with Crippen molar-refractivity contribution in [2.75, 3.05) is 12.8 Å². The van der Waals surface area contributed by atoms with Crippen LogP contribution in [-0.4, -0.2) is 26.0 Å². The van der Waals surface area contributed by atoms with Crippen molar-refractivity contribution in [3.63, 3.8) is 0 Å². The summed E-state index contributed by atoms with van der Waals surface area (Å²) < 4.78 is 23.3. The van der Waals surface area contributed by atoms with Crippen molar-refractivity contribution < 1.29 is 8.42 Å². The fourth-order valence-corrected chi connectivity index (χ4v) is 2.82. The van der Waals surface area contributed by atoms with Crippen molar-refractivity contribution in [1.29, 1.82) is 0 Å². The fourth-order valence-electron chi connectivity index (χ4n) is 2.18. The summed E-state index contributed by atoms with van der Waals surface area (Å²) in [4.78, 5) is 0. The number of hydrogen-bond donors (Lipinski definition) is 1. The molecule has 0 aliphatic carbocycles. The lowest BCUT2D eigenvalue weighted by atomic mass is 9.93. The van der Waals surface area contributed by atoms with Gasteiger partial charge in [0.25, 0.3) is 0 Å². The highest BCUT2D eigenvalue weighted by Gasteiger charge is 2.39. The molecule has 0 bridgehead atoms. The van der Waals surface area contributed by atoms with Gasteiger partial charge in [0.2, 0.25) is 0 Å². The molecule has 0 aliphatic rings. The van der Waals surface area contributed by atoms with E-state index in [-0.39, 0.29) is 6.04 Å². The summed E-state index contributed by atoms with van der Waals surface area (Å²) in [5, 5.41) is 3.32. The highest BCUT2D eigenvalue weighted by Crippen LogP contribution is 2.32. The van der Waals surface area contributed by atoms with Crippen LogP contribution in [0.25, 0.3) is 0 Å². The van der Waals surface area contributed by atoms with E-state index in [9.17, 15) is 8.42 Å². The van der Waals surface area contributed by atoms with E-state index in [1.807, 2.05) is 19.1 Å². The van der Waals surface area contributed by atoms with E-state index in [0.717, 1.165) is 18.5 Å². The molecule has 1 atom stereocenters. The molecular weight excluding hydrogens is 258 g/mol. The Balaban J connectivity index is 3.27. The quantitative estimate of drug-likeness (QED) is 0.873. The zero-order valence-electron chi connectivity index (χ0n) is 12.5. The van der Waals surface area contributed by atoms with Crippen LogP contribution >= 0.6 is 0 Å². The normalized spacial score (nSPS) is 14.4. The number of nitrogens with one attached hydrogen (secondary N) is 1. The lowest BCUT2D eigenvalue weighted by Gasteiger charge is -2.34. The first kappa shape index (κ1) is 16.2.